The Hall–Kier alpha value is -5.37. The molecular weight excluding hydrogens is 464 g/mol. The fourth-order valence-corrected chi connectivity index (χ4v) is 3.94. The molecule has 0 atom stereocenters. The van der Waals surface area contributed by atoms with Gasteiger partial charge in [-0.3, -0.25) is 9.59 Å². The molecule has 5 rings (SSSR count). The monoisotopic (exact) mass is 486 g/mol. The Morgan fingerprint density at radius 2 is 1.68 bits per heavy atom. The second-order valence-electron chi connectivity index (χ2n) is 8.21. The third kappa shape index (κ3) is 5.18. The van der Waals surface area contributed by atoms with Crippen LogP contribution in [-0.2, 0) is 4.79 Å². The average Bonchev–Trinajstić information content (AvgIpc) is 2.93. The zero-order chi connectivity index (χ0) is 25.8. The fourth-order valence-electron chi connectivity index (χ4n) is 3.94. The van der Waals surface area contributed by atoms with Crippen LogP contribution in [0.2, 0.25) is 0 Å². The van der Waals surface area contributed by atoms with Gasteiger partial charge >= 0.3 is 0 Å². The maximum absolute atomic E-state index is 12.6. The second kappa shape index (κ2) is 10.1. The third-order valence-corrected chi connectivity index (χ3v) is 5.72. The molecule has 8 nitrogen and oxygen atoms in total. The maximum atomic E-state index is 12.6. The van der Waals surface area contributed by atoms with Gasteiger partial charge in [-0.2, -0.15) is 0 Å². The Bertz CT molecular complexity index is 1630. The van der Waals surface area contributed by atoms with Gasteiger partial charge in [0.2, 0.25) is 11.9 Å². The molecule has 0 bridgehead atoms. The highest BCUT2D eigenvalue weighted by molar-refractivity contribution is 6.04. The largest absolute Gasteiger partial charge is 0.368 e. The average molecular weight is 487 g/mol. The van der Waals surface area contributed by atoms with Crippen LogP contribution in [0.1, 0.15) is 10.4 Å². The minimum atomic E-state index is -0.297. The molecule has 3 aromatic carbocycles. The van der Waals surface area contributed by atoms with E-state index in [4.69, 9.17) is 5.73 Å². The van der Waals surface area contributed by atoms with E-state index in [1.165, 1.54) is 6.08 Å². The summed E-state index contributed by atoms with van der Waals surface area (Å²) in [4.78, 5) is 37.2. The predicted octanol–water partition coefficient (Wildman–Crippen LogP) is 5.32. The molecular formula is C29H22N6O2. The number of benzene rings is 3. The molecule has 8 heteroatoms. The lowest BCUT2D eigenvalue weighted by molar-refractivity contribution is -0.111. The van der Waals surface area contributed by atoms with E-state index in [9.17, 15) is 9.59 Å². The summed E-state index contributed by atoms with van der Waals surface area (Å²) in [6.45, 7) is 3.50. The van der Waals surface area contributed by atoms with Gasteiger partial charge in [0, 0.05) is 34.6 Å². The number of anilines is 3. The molecule has 37 heavy (non-hydrogen) atoms. The number of hydrogen-bond donors (Lipinski definition) is 3. The number of hydrogen-bond acceptors (Lipinski definition) is 6. The molecule has 0 aliphatic carbocycles. The van der Waals surface area contributed by atoms with E-state index in [1.54, 1.807) is 42.7 Å². The zero-order valence-corrected chi connectivity index (χ0v) is 19.7. The van der Waals surface area contributed by atoms with Gasteiger partial charge in [0.1, 0.15) is 5.82 Å². The van der Waals surface area contributed by atoms with Gasteiger partial charge in [0.15, 0.2) is 0 Å². The molecule has 0 saturated heterocycles. The van der Waals surface area contributed by atoms with Gasteiger partial charge in [-0.05, 0) is 71.3 Å². The summed E-state index contributed by atoms with van der Waals surface area (Å²) in [5.41, 5.74) is 11.2. The van der Waals surface area contributed by atoms with E-state index in [-0.39, 0.29) is 17.8 Å². The number of nitrogens with two attached hydrogens (primary N) is 1. The third-order valence-electron chi connectivity index (χ3n) is 5.72. The Kier molecular flexibility index (Phi) is 6.37. The highest BCUT2D eigenvalue weighted by atomic mass is 16.2. The van der Waals surface area contributed by atoms with Gasteiger partial charge in [0.05, 0.1) is 5.52 Å². The standard InChI is InChI=1S/C29H22N6O2/c1-2-26(36)33-23-7-5-6-20(15-23)24-16-21(14-22-17-32-29(30)35-27(22)24)18-9-11-19(12-10-18)28(37)34-25-8-3-4-13-31-25/h2-17H,1H2,(H,33,36)(H2,30,32,35)(H,31,34,37). The molecule has 5 aromatic rings. The molecule has 0 spiro atoms. The lowest BCUT2D eigenvalue weighted by Crippen LogP contribution is -2.12. The molecule has 180 valence electrons. The molecule has 0 aliphatic rings. The number of rotatable bonds is 6. The van der Waals surface area contributed by atoms with Crippen LogP contribution in [-0.4, -0.2) is 26.8 Å². The van der Waals surface area contributed by atoms with Crippen molar-refractivity contribution in [1.82, 2.24) is 15.0 Å². The fraction of sp³-hybridized carbons (Fsp3) is 0. The van der Waals surface area contributed by atoms with Crippen molar-refractivity contribution in [2.75, 3.05) is 16.4 Å². The number of amides is 2. The number of nitrogen functional groups attached to an aromatic ring is 1. The second-order valence-corrected chi connectivity index (χ2v) is 8.21. The molecule has 2 heterocycles. The minimum absolute atomic E-state index is 0.167. The summed E-state index contributed by atoms with van der Waals surface area (Å²) in [6, 6.07) is 24.1. The van der Waals surface area contributed by atoms with Crippen molar-refractivity contribution in [3.05, 3.63) is 109 Å². The van der Waals surface area contributed by atoms with Crippen molar-refractivity contribution in [3.8, 4) is 22.3 Å². The number of nitrogens with zero attached hydrogens (tertiary/aromatic N) is 3. The molecule has 0 unspecified atom stereocenters. The van der Waals surface area contributed by atoms with Crippen molar-refractivity contribution in [2.45, 2.75) is 0 Å². The first-order valence-electron chi connectivity index (χ1n) is 11.4. The number of pyridine rings is 1. The molecule has 2 aromatic heterocycles. The normalized spacial score (nSPS) is 10.6. The quantitative estimate of drug-likeness (QED) is 0.279. The first kappa shape index (κ1) is 23.4. The summed E-state index contributed by atoms with van der Waals surface area (Å²) in [5, 5.41) is 6.38. The van der Waals surface area contributed by atoms with E-state index in [0.717, 1.165) is 27.6 Å². The number of carbonyl (C=O) groups is 2. The highest BCUT2D eigenvalue weighted by Crippen LogP contribution is 2.34. The number of aromatic nitrogens is 3. The van der Waals surface area contributed by atoms with E-state index < -0.39 is 0 Å². The van der Waals surface area contributed by atoms with E-state index in [2.05, 4.69) is 32.2 Å². The van der Waals surface area contributed by atoms with Crippen molar-refractivity contribution in [3.63, 3.8) is 0 Å². The van der Waals surface area contributed by atoms with E-state index in [0.29, 0.717) is 22.6 Å². The molecule has 0 radical (unpaired) electrons. The number of fused-ring (bicyclic) bond motifs is 1. The lowest BCUT2D eigenvalue weighted by atomic mass is 9.95. The van der Waals surface area contributed by atoms with Gasteiger partial charge in [-0.25, -0.2) is 15.0 Å². The first-order chi connectivity index (χ1) is 18.0. The predicted molar refractivity (Wildman–Crippen MR) is 146 cm³/mol. The summed E-state index contributed by atoms with van der Waals surface area (Å²) >= 11 is 0. The van der Waals surface area contributed by atoms with Crippen LogP contribution in [0.4, 0.5) is 17.5 Å². The lowest BCUT2D eigenvalue weighted by Gasteiger charge is -2.12. The summed E-state index contributed by atoms with van der Waals surface area (Å²) in [7, 11) is 0. The first-order valence-corrected chi connectivity index (χ1v) is 11.4. The molecule has 0 saturated carbocycles. The van der Waals surface area contributed by atoms with E-state index in [1.807, 2.05) is 48.5 Å². The summed E-state index contributed by atoms with van der Waals surface area (Å²) in [5.74, 6) is 0.114. The Labute approximate surface area is 212 Å². The van der Waals surface area contributed by atoms with Crippen molar-refractivity contribution in [1.29, 1.82) is 0 Å². The van der Waals surface area contributed by atoms with Crippen LogP contribution < -0.4 is 16.4 Å². The Morgan fingerprint density at radius 1 is 0.838 bits per heavy atom. The smallest absolute Gasteiger partial charge is 0.256 e. The van der Waals surface area contributed by atoms with Crippen LogP contribution in [0.25, 0.3) is 33.2 Å². The van der Waals surface area contributed by atoms with Crippen molar-refractivity contribution < 1.29 is 9.59 Å². The van der Waals surface area contributed by atoms with Crippen molar-refractivity contribution in [2.24, 2.45) is 0 Å². The van der Waals surface area contributed by atoms with Crippen LogP contribution >= 0.6 is 0 Å². The minimum Gasteiger partial charge on any atom is -0.368 e. The van der Waals surface area contributed by atoms with Crippen molar-refractivity contribution >= 4 is 40.2 Å². The number of nitrogens with one attached hydrogen (secondary N) is 2. The van der Waals surface area contributed by atoms with Crippen LogP contribution in [0.5, 0.6) is 0 Å². The zero-order valence-electron chi connectivity index (χ0n) is 19.7. The SMILES string of the molecule is C=CC(=O)Nc1cccc(-c2cc(-c3ccc(C(=O)Nc4ccccn4)cc3)cc3cnc(N)nc23)c1. The molecule has 4 N–H and O–H groups in total. The topological polar surface area (TPSA) is 123 Å². The highest BCUT2D eigenvalue weighted by Gasteiger charge is 2.13. The van der Waals surface area contributed by atoms with Crippen LogP contribution in [0.3, 0.4) is 0 Å². The van der Waals surface area contributed by atoms with E-state index >= 15 is 0 Å². The van der Waals surface area contributed by atoms with Crippen LogP contribution in [0.15, 0.2) is 104 Å². The maximum Gasteiger partial charge on any atom is 0.256 e. The van der Waals surface area contributed by atoms with Gasteiger partial charge < -0.3 is 16.4 Å². The Balaban J connectivity index is 1.52. The summed E-state index contributed by atoms with van der Waals surface area (Å²) < 4.78 is 0. The summed E-state index contributed by atoms with van der Waals surface area (Å²) in [6.07, 6.45) is 4.52. The number of carbonyl (C=O) groups excluding carboxylic acids is 2. The van der Waals surface area contributed by atoms with Gasteiger partial charge in [-0.15, -0.1) is 0 Å². The molecule has 0 aliphatic heterocycles. The van der Waals surface area contributed by atoms with Crippen LogP contribution in [0, 0.1) is 0 Å². The van der Waals surface area contributed by atoms with Gasteiger partial charge in [0.25, 0.3) is 5.91 Å². The molecule has 0 fully saturated rings. The van der Waals surface area contributed by atoms with Gasteiger partial charge in [-0.1, -0.05) is 36.9 Å². The molecule has 2 amide bonds. The Morgan fingerprint density at radius 3 is 2.43 bits per heavy atom.